The van der Waals surface area contributed by atoms with Crippen LogP contribution in [0.1, 0.15) is 23.0 Å². The summed E-state index contributed by atoms with van der Waals surface area (Å²) in [6.45, 7) is 0. The lowest BCUT2D eigenvalue weighted by atomic mass is 10.1. The van der Waals surface area contributed by atoms with Crippen molar-refractivity contribution in [3.05, 3.63) is 89.5 Å². The third kappa shape index (κ3) is 4.43. The first-order chi connectivity index (χ1) is 13.5. The molecular weight excluding hydrogens is 364 g/mol. The summed E-state index contributed by atoms with van der Waals surface area (Å²) in [7, 11) is 3.17. The van der Waals surface area contributed by atoms with Gasteiger partial charge < -0.3 is 14.6 Å². The van der Waals surface area contributed by atoms with Crippen LogP contribution in [0, 0.1) is 11.6 Å². The number of halogens is 2. The van der Waals surface area contributed by atoms with Gasteiger partial charge >= 0.3 is 0 Å². The van der Waals surface area contributed by atoms with Gasteiger partial charge in [-0.3, -0.25) is 4.79 Å². The number of rotatable bonds is 6. The zero-order chi connectivity index (χ0) is 20.1. The Morgan fingerprint density at radius 3 is 2.71 bits per heavy atom. The molecule has 3 aromatic rings. The van der Waals surface area contributed by atoms with E-state index in [1.807, 2.05) is 0 Å². The van der Waals surface area contributed by atoms with Crippen LogP contribution in [-0.4, -0.2) is 22.6 Å². The van der Waals surface area contributed by atoms with Crippen molar-refractivity contribution in [2.24, 2.45) is 7.05 Å². The lowest BCUT2D eigenvalue weighted by Gasteiger charge is -2.18. The molecule has 2 aromatic carbocycles. The summed E-state index contributed by atoms with van der Waals surface area (Å²) in [4.78, 5) is 16.7. The van der Waals surface area contributed by atoms with Crippen molar-refractivity contribution in [2.75, 3.05) is 7.11 Å². The lowest BCUT2D eigenvalue weighted by Crippen LogP contribution is -2.29. The molecule has 0 aliphatic heterocycles. The maximum Gasteiger partial charge on any atom is 0.244 e. The topological polar surface area (TPSA) is 56.1 Å². The molecule has 1 heterocycles. The summed E-state index contributed by atoms with van der Waals surface area (Å²) < 4.78 is 34.1. The van der Waals surface area contributed by atoms with Crippen LogP contribution in [0.15, 0.2) is 60.9 Å². The Bertz CT molecular complexity index is 1010. The highest BCUT2D eigenvalue weighted by Gasteiger charge is 2.20. The van der Waals surface area contributed by atoms with Crippen LogP contribution in [0.5, 0.6) is 5.75 Å². The molecule has 7 heteroatoms. The molecule has 144 valence electrons. The van der Waals surface area contributed by atoms with Crippen LogP contribution in [0.2, 0.25) is 0 Å². The number of imidazole rings is 1. The molecule has 0 saturated heterocycles. The first-order valence-corrected chi connectivity index (χ1v) is 8.52. The summed E-state index contributed by atoms with van der Waals surface area (Å²) in [5.74, 6) is -0.662. The fraction of sp³-hybridized carbons (Fsp3) is 0.143. The van der Waals surface area contributed by atoms with E-state index in [-0.39, 0.29) is 5.75 Å². The van der Waals surface area contributed by atoms with Crippen molar-refractivity contribution >= 4 is 12.0 Å². The summed E-state index contributed by atoms with van der Waals surface area (Å²) in [5, 5.41) is 2.82. The summed E-state index contributed by atoms with van der Waals surface area (Å²) in [5.41, 5.74) is 1.07. The van der Waals surface area contributed by atoms with Gasteiger partial charge in [-0.2, -0.15) is 0 Å². The molecule has 0 spiro atoms. The minimum absolute atomic E-state index is 0.127. The van der Waals surface area contributed by atoms with Gasteiger partial charge in [-0.25, -0.2) is 13.8 Å². The molecule has 0 fully saturated rings. The molecule has 5 nitrogen and oxygen atoms in total. The first kappa shape index (κ1) is 19.3. The maximum atomic E-state index is 13.8. The van der Waals surface area contributed by atoms with Crippen LogP contribution in [0.25, 0.3) is 6.08 Å². The molecule has 0 saturated carbocycles. The van der Waals surface area contributed by atoms with Crippen molar-refractivity contribution < 1.29 is 18.3 Å². The highest BCUT2D eigenvalue weighted by Crippen LogP contribution is 2.22. The Balaban J connectivity index is 1.82. The summed E-state index contributed by atoms with van der Waals surface area (Å²) >= 11 is 0. The Kier molecular flexibility index (Phi) is 5.84. The van der Waals surface area contributed by atoms with E-state index in [0.29, 0.717) is 17.0 Å². The van der Waals surface area contributed by atoms with Gasteiger partial charge in [0.05, 0.1) is 7.11 Å². The number of hydrogen-bond donors (Lipinski definition) is 1. The van der Waals surface area contributed by atoms with Crippen molar-refractivity contribution in [1.82, 2.24) is 14.9 Å². The van der Waals surface area contributed by atoms with Crippen molar-refractivity contribution in [3.63, 3.8) is 0 Å². The first-order valence-electron chi connectivity index (χ1n) is 8.52. The minimum Gasteiger partial charge on any atom is -0.494 e. The smallest absolute Gasteiger partial charge is 0.244 e. The molecule has 0 aliphatic carbocycles. The zero-order valence-corrected chi connectivity index (χ0v) is 15.4. The number of nitrogens with zero attached hydrogens (tertiary/aromatic N) is 2. The van der Waals surface area contributed by atoms with Gasteiger partial charge in [0.1, 0.15) is 17.7 Å². The maximum absolute atomic E-state index is 13.8. The number of amides is 1. The van der Waals surface area contributed by atoms with Crippen molar-refractivity contribution in [3.8, 4) is 5.75 Å². The van der Waals surface area contributed by atoms with E-state index in [0.717, 1.165) is 0 Å². The molecule has 1 N–H and O–H groups in total. The zero-order valence-electron chi connectivity index (χ0n) is 15.4. The monoisotopic (exact) mass is 383 g/mol. The molecule has 28 heavy (non-hydrogen) atoms. The molecule has 0 bridgehead atoms. The van der Waals surface area contributed by atoms with Crippen LogP contribution < -0.4 is 10.1 Å². The van der Waals surface area contributed by atoms with Crippen molar-refractivity contribution in [2.45, 2.75) is 6.04 Å². The number of nitrogens with one attached hydrogen (secondary N) is 1. The predicted molar refractivity (Wildman–Crippen MR) is 102 cm³/mol. The standard InChI is InChI=1S/C21H19F2N3O2/c1-26-11-10-24-21(26)20(15-4-3-5-16(22)13-15)25-19(27)9-7-14-6-8-18(28-2)17(23)12-14/h3-13,20H,1-2H3,(H,25,27)/b9-7+. The van der Waals surface area contributed by atoms with E-state index < -0.39 is 23.6 Å². The fourth-order valence-electron chi connectivity index (χ4n) is 2.79. The molecule has 1 amide bonds. The Morgan fingerprint density at radius 1 is 1.25 bits per heavy atom. The number of ether oxygens (including phenoxy) is 1. The molecule has 1 aromatic heterocycles. The fourth-order valence-corrected chi connectivity index (χ4v) is 2.79. The Hall–Kier alpha value is -3.48. The molecule has 0 aliphatic rings. The molecule has 1 unspecified atom stereocenters. The van der Waals surface area contributed by atoms with Crippen LogP contribution in [0.3, 0.4) is 0 Å². The largest absolute Gasteiger partial charge is 0.494 e. The number of hydrogen-bond acceptors (Lipinski definition) is 3. The minimum atomic E-state index is -0.638. The lowest BCUT2D eigenvalue weighted by molar-refractivity contribution is -0.117. The van der Waals surface area contributed by atoms with Gasteiger partial charge in [-0.15, -0.1) is 0 Å². The van der Waals surface area contributed by atoms with Gasteiger partial charge in [-0.05, 0) is 41.5 Å². The van der Waals surface area contributed by atoms with Crippen LogP contribution in [-0.2, 0) is 11.8 Å². The average Bonchev–Trinajstić information content (AvgIpc) is 3.10. The SMILES string of the molecule is COc1ccc(/C=C/C(=O)NC(c2cccc(F)c2)c2nccn2C)cc1F. The summed E-state index contributed by atoms with van der Waals surface area (Å²) in [6, 6.07) is 9.71. The van der Waals surface area contributed by atoms with Gasteiger partial charge in [0.2, 0.25) is 5.91 Å². The van der Waals surface area contributed by atoms with E-state index in [4.69, 9.17) is 4.74 Å². The van der Waals surface area contributed by atoms with Gasteiger partial charge in [0, 0.05) is 25.5 Å². The molecular formula is C21H19F2N3O2. The predicted octanol–water partition coefficient (Wildman–Crippen LogP) is 3.63. The second-order valence-corrected chi connectivity index (χ2v) is 6.12. The number of benzene rings is 2. The number of carbonyl (C=O) groups excluding carboxylic acids is 1. The van der Waals surface area contributed by atoms with E-state index in [9.17, 15) is 13.6 Å². The Labute approximate surface area is 161 Å². The summed E-state index contributed by atoms with van der Waals surface area (Å²) in [6.07, 6.45) is 6.11. The van der Waals surface area contributed by atoms with E-state index in [1.165, 1.54) is 43.5 Å². The van der Waals surface area contributed by atoms with Crippen molar-refractivity contribution in [1.29, 1.82) is 0 Å². The number of aromatic nitrogens is 2. The van der Waals surface area contributed by atoms with Crippen LogP contribution in [0.4, 0.5) is 8.78 Å². The second kappa shape index (κ2) is 8.47. The second-order valence-electron chi connectivity index (χ2n) is 6.12. The van der Waals surface area contributed by atoms with Gasteiger partial charge in [0.15, 0.2) is 11.6 Å². The van der Waals surface area contributed by atoms with E-state index in [1.54, 1.807) is 42.2 Å². The third-order valence-electron chi connectivity index (χ3n) is 4.19. The Morgan fingerprint density at radius 2 is 2.07 bits per heavy atom. The highest BCUT2D eigenvalue weighted by molar-refractivity contribution is 5.92. The van der Waals surface area contributed by atoms with E-state index in [2.05, 4.69) is 10.3 Å². The molecule has 3 rings (SSSR count). The highest BCUT2D eigenvalue weighted by atomic mass is 19.1. The number of carbonyl (C=O) groups is 1. The van der Waals surface area contributed by atoms with E-state index >= 15 is 0 Å². The average molecular weight is 383 g/mol. The van der Waals surface area contributed by atoms with Gasteiger partial charge in [-0.1, -0.05) is 18.2 Å². The molecule has 1 atom stereocenters. The quantitative estimate of drug-likeness (QED) is 0.662. The third-order valence-corrected chi connectivity index (χ3v) is 4.19. The number of aryl methyl sites for hydroxylation is 1. The number of methoxy groups -OCH3 is 1. The normalized spacial score (nSPS) is 12.1. The molecule has 0 radical (unpaired) electrons. The van der Waals surface area contributed by atoms with Gasteiger partial charge in [0.25, 0.3) is 0 Å². The van der Waals surface area contributed by atoms with Crippen LogP contribution >= 0.6 is 0 Å².